The highest BCUT2D eigenvalue weighted by Gasteiger charge is 2.14. The maximum atomic E-state index is 13.5. The summed E-state index contributed by atoms with van der Waals surface area (Å²) in [5.74, 6) is -0.771. The summed E-state index contributed by atoms with van der Waals surface area (Å²) in [4.78, 5) is 0. The summed E-state index contributed by atoms with van der Waals surface area (Å²) in [6, 6.07) is 8.71. The standard InChI is InChI=1S/C16H17F2NO2/c1-10-3-6-16(21-2)12(7-10)15(20)9-19-14-5-4-11(17)8-13(14)18/h3-8,15,19-20H,9H2,1-2H3. The molecule has 0 fully saturated rings. The lowest BCUT2D eigenvalue weighted by molar-refractivity contribution is 0.186. The summed E-state index contributed by atoms with van der Waals surface area (Å²) in [7, 11) is 1.52. The van der Waals surface area contributed by atoms with E-state index in [2.05, 4.69) is 5.32 Å². The Bertz CT molecular complexity index is 632. The number of anilines is 1. The molecule has 0 radical (unpaired) electrons. The number of aliphatic hydroxyl groups excluding tert-OH is 1. The van der Waals surface area contributed by atoms with Crippen LogP contribution in [0.25, 0.3) is 0 Å². The number of ether oxygens (including phenoxy) is 1. The van der Waals surface area contributed by atoms with Crippen LogP contribution in [0, 0.1) is 18.6 Å². The first kappa shape index (κ1) is 15.3. The second kappa shape index (κ2) is 6.54. The number of benzene rings is 2. The molecular formula is C16H17F2NO2. The molecule has 0 aliphatic carbocycles. The Balaban J connectivity index is 2.11. The van der Waals surface area contributed by atoms with E-state index >= 15 is 0 Å². The van der Waals surface area contributed by atoms with E-state index in [-0.39, 0.29) is 12.2 Å². The number of nitrogens with one attached hydrogen (secondary N) is 1. The molecule has 2 aromatic rings. The lowest BCUT2D eigenvalue weighted by Gasteiger charge is -2.17. The van der Waals surface area contributed by atoms with Gasteiger partial charge >= 0.3 is 0 Å². The van der Waals surface area contributed by atoms with Crippen molar-refractivity contribution in [2.24, 2.45) is 0 Å². The van der Waals surface area contributed by atoms with Crippen LogP contribution < -0.4 is 10.1 Å². The Morgan fingerprint density at radius 3 is 2.62 bits per heavy atom. The minimum absolute atomic E-state index is 0.0857. The molecule has 0 amide bonds. The van der Waals surface area contributed by atoms with Gasteiger partial charge in [0.05, 0.1) is 18.9 Å². The number of hydrogen-bond acceptors (Lipinski definition) is 3. The first-order chi connectivity index (χ1) is 10.0. The van der Waals surface area contributed by atoms with Gasteiger partial charge in [0.15, 0.2) is 0 Å². The van der Waals surface area contributed by atoms with E-state index in [0.29, 0.717) is 11.3 Å². The Morgan fingerprint density at radius 1 is 1.19 bits per heavy atom. The van der Waals surface area contributed by atoms with E-state index in [4.69, 9.17) is 4.74 Å². The molecule has 2 aromatic carbocycles. The Labute approximate surface area is 122 Å². The molecule has 21 heavy (non-hydrogen) atoms. The van der Waals surface area contributed by atoms with Gasteiger partial charge in [-0.3, -0.25) is 0 Å². The van der Waals surface area contributed by atoms with Crippen molar-refractivity contribution >= 4 is 5.69 Å². The van der Waals surface area contributed by atoms with Crippen LogP contribution in [0.3, 0.4) is 0 Å². The largest absolute Gasteiger partial charge is 0.496 e. The van der Waals surface area contributed by atoms with E-state index in [9.17, 15) is 13.9 Å². The molecule has 5 heteroatoms. The van der Waals surface area contributed by atoms with Crippen molar-refractivity contribution in [3.05, 3.63) is 59.2 Å². The van der Waals surface area contributed by atoms with Crippen LogP contribution in [0.2, 0.25) is 0 Å². The Kier molecular flexibility index (Phi) is 4.75. The van der Waals surface area contributed by atoms with Gasteiger partial charge in [0.1, 0.15) is 17.4 Å². The van der Waals surface area contributed by atoms with Crippen molar-refractivity contribution in [3.8, 4) is 5.75 Å². The Hall–Kier alpha value is -2.14. The number of halogens is 2. The molecule has 1 atom stereocenters. The molecular weight excluding hydrogens is 276 g/mol. The molecule has 0 heterocycles. The average molecular weight is 293 g/mol. The molecule has 112 valence electrons. The van der Waals surface area contributed by atoms with Crippen molar-refractivity contribution < 1.29 is 18.6 Å². The average Bonchev–Trinajstić information content (AvgIpc) is 2.46. The lowest BCUT2D eigenvalue weighted by atomic mass is 10.0. The fourth-order valence-electron chi connectivity index (χ4n) is 2.06. The van der Waals surface area contributed by atoms with Crippen molar-refractivity contribution in [2.75, 3.05) is 19.0 Å². The van der Waals surface area contributed by atoms with Crippen molar-refractivity contribution in [3.63, 3.8) is 0 Å². The molecule has 2 rings (SSSR count). The van der Waals surface area contributed by atoms with Gasteiger partial charge in [-0.05, 0) is 31.2 Å². The number of rotatable bonds is 5. The second-order valence-corrected chi connectivity index (χ2v) is 4.77. The summed E-state index contributed by atoms with van der Waals surface area (Å²) in [5.41, 5.74) is 1.74. The van der Waals surface area contributed by atoms with Crippen LogP contribution in [-0.4, -0.2) is 18.8 Å². The molecule has 3 nitrogen and oxygen atoms in total. The maximum absolute atomic E-state index is 13.5. The third kappa shape index (κ3) is 3.70. The summed E-state index contributed by atoms with van der Waals surface area (Å²) >= 11 is 0. The zero-order valence-corrected chi connectivity index (χ0v) is 11.9. The highest BCUT2D eigenvalue weighted by Crippen LogP contribution is 2.27. The lowest BCUT2D eigenvalue weighted by Crippen LogP contribution is -2.14. The number of methoxy groups -OCH3 is 1. The first-order valence-corrected chi connectivity index (χ1v) is 6.53. The second-order valence-electron chi connectivity index (χ2n) is 4.77. The van der Waals surface area contributed by atoms with Gasteiger partial charge in [0.2, 0.25) is 0 Å². The maximum Gasteiger partial charge on any atom is 0.149 e. The molecule has 0 saturated heterocycles. The highest BCUT2D eigenvalue weighted by atomic mass is 19.1. The van der Waals surface area contributed by atoms with Gasteiger partial charge in [-0.25, -0.2) is 8.78 Å². The zero-order valence-electron chi connectivity index (χ0n) is 11.9. The van der Waals surface area contributed by atoms with Gasteiger partial charge in [0, 0.05) is 18.2 Å². The summed E-state index contributed by atoms with van der Waals surface area (Å²) in [6.45, 7) is 1.99. The first-order valence-electron chi connectivity index (χ1n) is 6.53. The molecule has 0 aliphatic heterocycles. The van der Waals surface area contributed by atoms with Gasteiger partial charge < -0.3 is 15.2 Å². The molecule has 0 spiro atoms. The molecule has 2 N–H and O–H groups in total. The minimum Gasteiger partial charge on any atom is -0.496 e. The van der Waals surface area contributed by atoms with E-state index < -0.39 is 17.7 Å². The van der Waals surface area contributed by atoms with Gasteiger partial charge in [-0.2, -0.15) is 0 Å². The van der Waals surface area contributed by atoms with Gasteiger partial charge in [0.25, 0.3) is 0 Å². The summed E-state index contributed by atoms with van der Waals surface area (Å²) in [5, 5.41) is 13.0. The number of aliphatic hydroxyl groups is 1. The zero-order chi connectivity index (χ0) is 15.4. The Morgan fingerprint density at radius 2 is 1.95 bits per heavy atom. The fourth-order valence-corrected chi connectivity index (χ4v) is 2.06. The van der Waals surface area contributed by atoms with Crippen molar-refractivity contribution in [2.45, 2.75) is 13.0 Å². The molecule has 0 aliphatic rings. The van der Waals surface area contributed by atoms with E-state index in [1.807, 2.05) is 19.1 Å². The van der Waals surface area contributed by atoms with Crippen LogP contribution in [0.15, 0.2) is 36.4 Å². The van der Waals surface area contributed by atoms with Crippen LogP contribution in [0.5, 0.6) is 5.75 Å². The fraction of sp³-hybridized carbons (Fsp3) is 0.250. The van der Waals surface area contributed by atoms with Gasteiger partial charge in [-0.15, -0.1) is 0 Å². The highest BCUT2D eigenvalue weighted by molar-refractivity contribution is 5.46. The van der Waals surface area contributed by atoms with E-state index in [1.54, 1.807) is 6.07 Å². The number of hydrogen-bond donors (Lipinski definition) is 2. The predicted molar refractivity (Wildman–Crippen MR) is 77.5 cm³/mol. The van der Waals surface area contributed by atoms with Crippen molar-refractivity contribution in [1.82, 2.24) is 0 Å². The smallest absolute Gasteiger partial charge is 0.149 e. The van der Waals surface area contributed by atoms with Crippen LogP contribution >= 0.6 is 0 Å². The normalized spacial score (nSPS) is 12.0. The molecule has 1 unspecified atom stereocenters. The predicted octanol–water partition coefficient (Wildman–Crippen LogP) is 3.43. The third-order valence-corrected chi connectivity index (χ3v) is 3.16. The van der Waals surface area contributed by atoms with E-state index in [0.717, 1.165) is 17.7 Å². The minimum atomic E-state index is -0.871. The van der Waals surface area contributed by atoms with Gasteiger partial charge in [-0.1, -0.05) is 11.6 Å². The monoisotopic (exact) mass is 293 g/mol. The van der Waals surface area contributed by atoms with Crippen LogP contribution in [0.1, 0.15) is 17.2 Å². The summed E-state index contributed by atoms with van der Waals surface area (Å²) in [6.07, 6.45) is -0.871. The number of aryl methyl sites for hydroxylation is 1. The summed E-state index contributed by atoms with van der Waals surface area (Å²) < 4.78 is 31.5. The topological polar surface area (TPSA) is 41.5 Å². The molecule has 0 aromatic heterocycles. The SMILES string of the molecule is COc1ccc(C)cc1C(O)CNc1ccc(F)cc1F. The van der Waals surface area contributed by atoms with Crippen LogP contribution in [0.4, 0.5) is 14.5 Å². The van der Waals surface area contributed by atoms with E-state index in [1.165, 1.54) is 13.2 Å². The molecule has 0 bridgehead atoms. The van der Waals surface area contributed by atoms with Crippen LogP contribution in [-0.2, 0) is 0 Å². The molecule has 0 saturated carbocycles. The van der Waals surface area contributed by atoms with Crippen molar-refractivity contribution in [1.29, 1.82) is 0 Å². The quantitative estimate of drug-likeness (QED) is 0.887. The third-order valence-electron chi connectivity index (χ3n) is 3.16.